The molecule has 0 saturated heterocycles. The average Bonchev–Trinajstić information content (AvgIpc) is 0. The van der Waals surface area contributed by atoms with Crippen molar-refractivity contribution in [2.75, 3.05) is 0 Å². The summed E-state index contributed by atoms with van der Waals surface area (Å²) >= 11 is 0. The van der Waals surface area contributed by atoms with E-state index in [1.54, 1.807) is 0 Å². The third kappa shape index (κ3) is 41.1. The standard InChI is InChI=1S/4ClH.H3N.Pt/h4*1H;1H3;/q;;;;;+2/p-3. The SMILES string of the molecule is [Cl-].[Cl-].[Cl-].[Cl-].[NH4+].[Pt+2]. The van der Waals surface area contributed by atoms with Crippen LogP contribution in [0.5, 0.6) is 0 Å². The van der Waals surface area contributed by atoms with Crippen LogP contribution in [0.2, 0.25) is 0 Å². The van der Waals surface area contributed by atoms with Gasteiger partial charge >= 0.3 is 21.1 Å². The Labute approximate surface area is 76.5 Å². The van der Waals surface area contributed by atoms with Crippen molar-refractivity contribution in [3.05, 3.63) is 0 Å². The van der Waals surface area contributed by atoms with E-state index in [1.807, 2.05) is 0 Å². The molecule has 0 fully saturated rings. The number of hydrogen-bond acceptors (Lipinski definition) is 0. The first-order valence-corrected chi connectivity index (χ1v) is 0. The molecule has 0 atom stereocenters. The van der Waals surface area contributed by atoms with Gasteiger partial charge in [-0.3, -0.25) is 0 Å². The molecule has 0 bridgehead atoms. The molecule has 0 rings (SSSR count). The van der Waals surface area contributed by atoms with Gasteiger partial charge in [-0.15, -0.1) is 0 Å². The van der Waals surface area contributed by atoms with E-state index in [2.05, 4.69) is 0 Å². The molecule has 0 aliphatic carbocycles. The molecule has 0 heterocycles. The van der Waals surface area contributed by atoms with E-state index in [0.29, 0.717) is 0 Å². The average molecular weight is 355 g/mol. The minimum absolute atomic E-state index is 0. The zero-order valence-corrected chi connectivity index (χ0v) is 8.12. The smallest absolute Gasteiger partial charge is 1.00 e. The molecule has 0 unspecified atom stereocenters. The molecule has 0 saturated carbocycles. The molecule has 0 aromatic carbocycles. The Morgan fingerprint density at radius 1 is 0.500 bits per heavy atom. The van der Waals surface area contributed by atoms with E-state index >= 15 is 0 Å². The molecule has 0 amide bonds. The van der Waals surface area contributed by atoms with Crippen LogP contribution in [-0.4, -0.2) is 0 Å². The van der Waals surface area contributed by atoms with Gasteiger partial charge in [0, 0.05) is 0 Å². The summed E-state index contributed by atoms with van der Waals surface area (Å²) in [4.78, 5) is 0. The first kappa shape index (κ1) is 111. The van der Waals surface area contributed by atoms with Crippen molar-refractivity contribution in [2.24, 2.45) is 0 Å². The van der Waals surface area contributed by atoms with Crippen molar-refractivity contribution >= 4 is 0 Å². The van der Waals surface area contributed by atoms with Crippen molar-refractivity contribution in [3.8, 4) is 0 Å². The van der Waals surface area contributed by atoms with E-state index in [9.17, 15) is 0 Å². The fraction of sp³-hybridized carbons (Fsp3) is 0. The van der Waals surface area contributed by atoms with Crippen LogP contribution in [-0.2, 0) is 21.1 Å². The second-order valence-electron chi connectivity index (χ2n) is 0. The molecule has 0 aromatic rings. The number of halogens is 4. The monoisotopic (exact) mass is 353 g/mol. The molecule has 1 nitrogen and oxygen atoms in total. The van der Waals surface area contributed by atoms with E-state index in [0.717, 1.165) is 0 Å². The first-order chi connectivity index (χ1) is 0. The second kappa shape index (κ2) is 70.2. The third-order valence-corrected chi connectivity index (χ3v) is 0. The Bertz CT molecular complexity index is 7.51. The van der Waals surface area contributed by atoms with Crippen LogP contribution in [0.15, 0.2) is 0 Å². The molecule has 0 aliphatic heterocycles. The van der Waals surface area contributed by atoms with Gasteiger partial charge in [0.25, 0.3) is 0 Å². The summed E-state index contributed by atoms with van der Waals surface area (Å²) in [6.07, 6.45) is 0. The van der Waals surface area contributed by atoms with Gasteiger partial charge in [-0.05, 0) is 0 Å². The number of hydrogen-bond donors (Lipinski definition) is 1. The number of quaternary nitrogens is 1. The van der Waals surface area contributed by atoms with Gasteiger partial charge in [-0.25, -0.2) is 0 Å². The summed E-state index contributed by atoms with van der Waals surface area (Å²) in [5, 5.41) is 0. The van der Waals surface area contributed by atoms with Gasteiger partial charge in [0.05, 0.1) is 0 Å². The maximum Gasteiger partial charge on any atom is 2.00 e. The van der Waals surface area contributed by atoms with Gasteiger partial charge in [-0.2, -0.15) is 0 Å². The van der Waals surface area contributed by atoms with Crippen LogP contribution < -0.4 is 55.8 Å². The van der Waals surface area contributed by atoms with Crippen molar-refractivity contribution in [1.29, 1.82) is 0 Å². The van der Waals surface area contributed by atoms with Gasteiger partial charge in [0.1, 0.15) is 0 Å². The maximum absolute atomic E-state index is 0. The molecule has 6 heteroatoms. The Balaban J connectivity index is 0. The Kier molecular flexibility index (Phi) is 1300. The molecular formula is H4Cl4NPt-. The second-order valence-corrected chi connectivity index (χ2v) is 0. The molecule has 0 aliphatic rings. The summed E-state index contributed by atoms with van der Waals surface area (Å²) < 4.78 is 0. The van der Waals surface area contributed by atoms with Crippen molar-refractivity contribution in [3.63, 3.8) is 0 Å². The Hall–Kier alpha value is 1.81. The largest absolute Gasteiger partial charge is 2.00 e. The van der Waals surface area contributed by atoms with Crippen LogP contribution in [0.1, 0.15) is 0 Å². The predicted octanol–water partition coefficient (Wildman–Crippen LogP) is -11.6. The zero-order chi connectivity index (χ0) is 0. The van der Waals surface area contributed by atoms with Crippen LogP contribution in [0.25, 0.3) is 0 Å². The molecule has 0 aromatic heterocycles. The Morgan fingerprint density at radius 3 is 0.500 bits per heavy atom. The number of rotatable bonds is 0. The summed E-state index contributed by atoms with van der Waals surface area (Å²) in [6.45, 7) is 0. The summed E-state index contributed by atoms with van der Waals surface area (Å²) in [5.41, 5.74) is 0. The van der Waals surface area contributed by atoms with Crippen LogP contribution in [0.3, 0.4) is 0 Å². The van der Waals surface area contributed by atoms with Crippen LogP contribution in [0.4, 0.5) is 0 Å². The van der Waals surface area contributed by atoms with Gasteiger partial charge in [-0.1, -0.05) is 0 Å². The third-order valence-electron chi connectivity index (χ3n) is 0. The summed E-state index contributed by atoms with van der Waals surface area (Å²) in [5.74, 6) is 0. The van der Waals surface area contributed by atoms with Crippen molar-refractivity contribution in [1.82, 2.24) is 6.15 Å². The fourth-order valence-electron chi connectivity index (χ4n) is 0. The van der Waals surface area contributed by atoms with E-state index in [1.165, 1.54) is 0 Å². The Morgan fingerprint density at radius 2 is 0.500 bits per heavy atom. The van der Waals surface area contributed by atoms with Crippen LogP contribution in [0, 0.1) is 0 Å². The van der Waals surface area contributed by atoms with Crippen LogP contribution >= 0.6 is 0 Å². The van der Waals surface area contributed by atoms with E-state index in [-0.39, 0.29) is 76.8 Å². The molecule has 4 N–H and O–H groups in total. The van der Waals surface area contributed by atoms with E-state index < -0.39 is 0 Å². The predicted molar refractivity (Wildman–Crippen MR) is 5.98 cm³/mol. The fourth-order valence-corrected chi connectivity index (χ4v) is 0. The molecular weight excluding hydrogens is 351 g/mol. The summed E-state index contributed by atoms with van der Waals surface area (Å²) in [7, 11) is 0. The quantitative estimate of drug-likeness (QED) is 0.449. The van der Waals surface area contributed by atoms with Gasteiger partial charge in [0.2, 0.25) is 0 Å². The zero-order valence-electron chi connectivity index (χ0n) is 2.83. The molecule has 48 valence electrons. The molecule has 6 heavy (non-hydrogen) atoms. The van der Waals surface area contributed by atoms with Gasteiger partial charge < -0.3 is 55.8 Å². The minimum atomic E-state index is 0. The van der Waals surface area contributed by atoms with Crippen molar-refractivity contribution in [2.45, 2.75) is 0 Å². The maximum atomic E-state index is 0. The minimum Gasteiger partial charge on any atom is -1.00 e. The topological polar surface area (TPSA) is 36.5 Å². The molecule has 0 radical (unpaired) electrons. The molecule has 0 spiro atoms. The summed E-state index contributed by atoms with van der Waals surface area (Å²) in [6, 6.07) is 0. The van der Waals surface area contributed by atoms with E-state index in [4.69, 9.17) is 0 Å². The first-order valence-electron chi connectivity index (χ1n) is 0. The van der Waals surface area contributed by atoms with Crippen molar-refractivity contribution < 1.29 is 70.7 Å². The normalized spacial score (nSPS) is 0. The van der Waals surface area contributed by atoms with Gasteiger partial charge in [0.15, 0.2) is 0 Å².